The van der Waals surface area contributed by atoms with Gasteiger partial charge >= 0.3 is 0 Å². The van der Waals surface area contributed by atoms with Gasteiger partial charge in [0.1, 0.15) is 5.75 Å². The average Bonchev–Trinajstić information content (AvgIpc) is 2.56. The lowest BCUT2D eigenvalue weighted by molar-refractivity contribution is 0.0782. The molecule has 0 atom stereocenters. The lowest BCUT2D eigenvalue weighted by Gasteiger charge is -2.32. The summed E-state index contributed by atoms with van der Waals surface area (Å²) in [6.45, 7) is 1.76. The van der Waals surface area contributed by atoms with Crippen molar-refractivity contribution >= 4 is 11.8 Å². The highest BCUT2D eigenvalue weighted by Gasteiger charge is 2.39. The molecule has 2 nitrogen and oxygen atoms in total. The maximum absolute atomic E-state index is 9.45. The van der Waals surface area contributed by atoms with Gasteiger partial charge in [-0.25, -0.2) is 0 Å². The highest BCUT2D eigenvalue weighted by Crippen LogP contribution is 2.50. The number of rotatable bonds is 0. The van der Waals surface area contributed by atoms with Gasteiger partial charge in [0.25, 0.3) is 0 Å². The summed E-state index contributed by atoms with van der Waals surface area (Å²) in [6.07, 6.45) is 3.35. The summed E-state index contributed by atoms with van der Waals surface area (Å²) in [5, 5.41) is 9.45. The van der Waals surface area contributed by atoms with Gasteiger partial charge in [-0.3, -0.25) is 0 Å². The van der Waals surface area contributed by atoms with E-state index < -0.39 is 0 Å². The van der Waals surface area contributed by atoms with Crippen LogP contribution in [-0.2, 0) is 11.2 Å². The Balaban J connectivity index is 1.90. The quantitative estimate of drug-likeness (QED) is 0.731. The molecule has 2 heterocycles. The first-order chi connectivity index (χ1) is 7.27. The number of hydrogen-bond donors (Lipinski definition) is 1. The summed E-state index contributed by atoms with van der Waals surface area (Å²) in [7, 11) is 0. The van der Waals surface area contributed by atoms with Gasteiger partial charge in [0, 0.05) is 22.9 Å². The number of phenolic OH excluding ortho intramolecular Hbond substituents is 1. The van der Waals surface area contributed by atoms with Crippen LogP contribution in [0.3, 0.4) is 0 Å². The zero-order valence-electron chi connectivity index (χ0n) is 8.53. The topological polar surface area (TPSA) is 29.5 Å². The first kappa shape index (κ1) is 9.55. The summed E-state index contributed by atoms with van der Waals surface area (Å²) in [5.41, 5.74) is 1.31. The summed E-state index contributed by atoms with van der Waals surface area (Å²) in [4.78, 5) is 1.34. The Labute approximate surface area is 93.6 Å². The van der Waals surface area contributed by atoms with Crippen molar-refractivity contribution in [1.29, 1.82) is 0 Å². The van der Waals surface area contributed by atoms with Crippen LogP contribution in [0.2, 0.25) is 0 Å². The highest BCUT2D eigenvalue weighted by molar-refractivity contribution is 8.01. The SMILES string of the molecule is Oc1ccc2c(c1)CC1(CCOCC1)S2. The zero-order chi connectivity index (χ0) is 10.3. The Morgan fingerprint density at radius 3 is 2.87 bits per heavy atom. The second-order valence-corrected chi connectivity index (χ2v) is 5.88. The Kier molecular flexibility index (Phi) is 2.18. The van der Waals surface area contributed by atoms with Gasteiger partial charge in [-0.05, 0) is 43.0 Å². The molecule has 1 N–H and O–H groups in total. The van der Waals surface area contributed by atoms with Gasteiger partial charge in [-0.2, -0.15) is 0 Å². The zero-order valence-corrected chi connectivity index (χ0v) is 9.35. The third-order valence-electron chi connectivity index (χ3n) is 3.29. The van der Waals surface area contributed by atoms with Crippen LogP contribution >= 0.6 is 11.8 Å². The fourth-order valence-electron chi connectivity index (χ4n) is 2.44. The molecule has 3 heteroatoms. The number of fused-ring (bicyclic) bond motifs is 1. The van der Waals surface area contributed by atoms with E-state index in [0.29, 0.717) is 10.5 Å². The Morgan fingerprint density at radius 1 is 1.27 bits per heavy atom. The molecule has 0 aromatic heterocycles. The first-order valence-electron chi connectivity index (χ1n) is 5.36. The number of benzene rings is 1. The predicted molar refractivity (Wildman–Crippen MR) is 60.5 cm³/mol. The average molecular weight is 222 g/mol. The molecule has 0 radical (unpaired) electrons. The third-order valence-corrected chi connectivity index (χ3v) is 4.89. The van der Waals surface area contributed by atoms with Crippen LogP contribution in [0.1, 0.15) is 18.4 Å². The monoisotopic (exact) mass is 222 g/mol. The molecule has 0 saturated carbocycles. The fraction of sp³-hybridized carbons (Fsp3) is 0.500. The van der Waals surface area contributed by atoms with E-state index >= 15 is 0 Å². The summed E-state index contributed by atoms with van der Waals surface area (Å²) >= 11 is 1.98. The third kappa shape index (κ3) is 1.64. The summed E-state index contributed by atoms with van der Waals surface area (Å²) in [5.74, 6) is 0.387. The van der Waals surface area contributed by atoms with E-state index in [1.165, 1.54) is 10.5 Å². The van der Waals surface area contributed by atoms with Gasteiger partial charge in [0.05, 0.1) is 0 Å². The molecule has 0 unspecified atom stereocenters. The maximum atomic E-state index is 9.45. The normalized spacial score (nSPS) is 22.9. The second kappa shape index (κ2) is 3.42. The molecule has 2 aliphatic rings. The maximum Gasteiger partial charge on any atom is 0.115 e. The van der Waals surface area contributed by atoms with Crippen LogP contribution in [0, 0.1) is 0 Å². The lowest BCUT2D eigenvalue weighted by Crippen LogP contribution is -2.32. The Morgan fingerprint density at radius 2 is 2.07 bits per heavy atom. The molecule has 2 aliphatic heterocycles. The van der Waals surface area contributed by atoms with Crippen molar-refractivity contribution < 1.29 is 9.84 Å². The van der Waals surface area contributed by atoms with Crippen LogP contribution < -0.4 is 0 Å². The van der Waals surface area contributed by atoms with E-state index in [0.717, 1.165) is 32.5 Å². The number of aromatic hydroxyl groups is 1. The molecule has 0 aliphatic carbocycles. The van der Waals surface area contributed by atoms with Crippen molar-refractivity contribution in [3.63, 3.8) is 0 Å². The van der Waals surface area contributed by atoms with Crippen molar-refractivity contribution in [1.82, 2.24) is 0 Å². The molecule has 15 heavy (non-hydrogen) atoms. The molecular weight excluding hydrogens is 208 g/mol. The van der Waals surface area contributed by atoms with Crippen LogP contribution in [0.4, 0.5) is 0 Å². The molecule has 0 bridgehead atoms. The fourth-order valence-corrected chi connectivity index (χ4v) is 3.91. The molecule has 1 fully saturated rings. The highest BCUT2D eigenvalue weighted by atomic mass is 32.2. The molecule has 3 rings (SSSR count). The van der Waals surface area contributed by atoms with Gasteiger partial charge < -0.3 is 9.84 Å². The minimum atomic E-state index is 0.356. The van der Waals surface area contributed by atoms with Crippen LogP contribution in [-0.4, -0.2) is 23.1 Å². The molecule has 1 saturated heterocycles. The molecule has 1 spiro atoms. The van der Waals surface area contributed by atoms with Gasteiger partial charge in [0.15, 0.2) is 0 Å². The van der Waals surface area contributed by atoms with Crippen molar-refractivity contribution in [2.75, 3.05) is 13.2 Å². The van der Waals surface area contributed by atoms with Gasteiger partial charge in [0.2, 0.25) is 0 Å². The van der Waals surface area contributed by atoms with E-state index in [1.807, 2.05) is 23.9 Å². The van der Waals surface area contributed by atoms with E-state index in [1.54, 1.807) is 6.07 Å². The predicted octanol–water partition coefficient (Wildman–Crippen LogP) is 2.59. The number of ether oxygens (including phenoxy) is 1. The largest absolute Gasteiger partial charge is 0.508 e. The molecule has 0 amide bonds. The van der Waals surface area contributed by atoms with Crippen LogP contribution in [0.25, 0.3) is 0 Å². The summed E-state index contributed by atoms with van der Waals surface area (Å²) < 4.78 is 5.77. The second-order valence-electron chi connectivity index (χ2n) is 4.37. The standard InChI is InChI=1S/C12H14O2S/c13-10-1-2-11-9(7-10)8-12(15-11)3-5-14-6-4-12/h1-2,7,13H,3-6,8H2. The Bertz CT molecular complexity index is 383. The van der Waals surface area contributed by atoms with Gasteiger partial charge in [-0.1, -0.05) is 0 Å². The van der Waals surface area contributed by atoms with E-state index in [4.69, 9.17) is 4.74 Å². The smallest absolute Gasteiger partial charge is 0.115 e. The number of phenols is 1. The Hall–Kier alpha value is -0.670. The van der Waals surface area contributed by atoms with Crippen molar-refractivity contribution in [3.8, 4) is 5.75 Å². The van der Waals surface area contributed by atoms with E-state index in [2.05, 4.69) is 0 Å². The van der Waals surface area contributed by atoms with Gasteiger partial charge in [-0.15, -0.1) is 11.8 Å². The minimum absolute atomic E-state index is 0.356. The van der Waals surface area contributed by atoms with Crippen LogP contribution in [0.15, 0.2) is 23.1 Å². The van der Waals surface area contributed by atoms with Crippen molar-refractivity contribution in [2.45, 2.75) is 28.9 Å². The van der Waals surface area contributed by atoms with Crippen molar-refractivity contribution in [3.05, 3.63) is 23.8 Å². The molecule has 80 valence electrons. The molecule has 1 aromatic rings. The molecular formula is C12H14O2S. The number of hydrogen-bond acceptors (Lipinski definition) is 3. The van der Waals surface area contributed by atoms with E-state index in [-0.39, 0.29) is 0 Å². The van der Waals surface area contributed by atoms with E-state index in [9.17, 15) is 5.11 Å². The lowest BCUT2D eigenvalue weighted by atomic mass is 9.92. The van der Waals surface area contributed by atoms with Crippen LogP contribution in [0.5, 0.6) is 5.75 Å². The minimum Gasteiger partial charge on any atom is -0.508 e. The molecule has 1 aromatic carbocycles. The summed E-state index contributed by atoms with van der Waals surface area (Å²) in [6, 6.07) is 5.73. The van der Waals surface area contributed by atoms with Crippen molar-refractivity contribution in [2.24, 2.45) is 0 Å². The first-order valence-corrected chi connectivity index (χ1v) is 6.18. The number of thioether (sulfide) groups is 1.